The Morgan fingerprint density at radius 1 is 1.11 bits per heavy atom. The number of methoxy groups -OCH3 is 1. The van der Waals surface area contributed by atoms with Crippen molar-refractivity contribution in [3.05, 3.63) is 107 Å². The molecule has 3 aromatic rings. The van der Waals surface area contributed by atoms with Crippen LogP contribution in [0.2, 0.25) is 0 Å². The number of nitrogens with one attached hydrogen (secondary N) is 1. The topological polar surface area (TPSA) is 95.6 Å². The maximum Gasteiger partial charge on any atom is 0.337 e. The maximum absolute atomic E-state index is 13.1. The third-order valence-corrected chi connectivity index (χ3v) is 5.74. The smallest absolute Gasteiger partial charge is 0.337 e. The molecule has 0 fully saturated rings. The van der Waals surface area contributed by atoms with E-state index in [9.17, 15) is 9.59 Å². The summed E-state index contributed by atoms with van der Waals surface area (Å²) in [6.45, 7) is 4.36. The summed E-state index contributed by atoms with van der Waals surface area (Å²) in [5.74, 6) is -1.33. The van der Waals surface area contributed by atoms with Gasteiger partial charge >= 0.3 is 11.9 Å². The number of dihydropyridines is 1. The number of imidazole rings is 1. The fourth-order valence-corrected chi connectivity index (χ4v) is 4.10. The SMILES string of the molecule is COC(=O)C1=C(C)NC(C)=C(C(=O)OCC=Cc2ccc(Cn3ccnc3)cc2)C1c1ccco1. The lowest BCUT2D eigenvalue weighted by molar-refractivity contribution is -0.138. The number of carbonyl (C=O) groups excluding carboxylic acids is 2. The van der Waals surface area contributed by atoms with Gasteiger partial charge in [-0.2, -0.15) is 0 Å². The molecular weight excluding hydrogens is 446 g/mol. The number of allylic oxidation sites excluding steroid dienone is 2. The summed E-state index contributed by atoms with van der Waals surface area (Å²) in [6, 6.07) is 11.5. The zero-order valence-corrected chi connectivity index (χ0v) is 19.9. The predicted molar refractivity (Wildman–Crippen MR) is 130 cm³/mol. The lowest BCUT2D eigenvalue weighted by Crippen LogP contribution is -2.32. The van der Waals surface area contributed by atoms with Crippen molar-refractivity contribution in [1.82, 2.24) is 14.9 Å². The molecule has 1 atom stereocenters. The van der Waals surface area contributed by atoms with Crippen molar-refractivity contribution in [2.45, 2.75) is 26.3 Å². The number of carbonyl (C=O) groups is 2. The number of aromatic nitrogens is 2. The quantitative estimate of drug-likeness (QED) is 0.490. The van der Waals surface area contributed by atoms with Gasteiger partial charge in [-0.05, 0) is 43.2 Å². The average Bonchev–Trinajstić information content (AvgIpc) is 3.56. The molecule has 0 bridgehead atoms. The Morgan fingerprint density at radius 3 is 2.49 bits per heavy atom. The molecule has 0 spiro atoms. The van der Waals surface area contributed by atoms with Gasteiger partial charge in [-0.1, -0.05) is 30.3 Å². The van der Waals surface area contributed by atoms with Gasteiger partial charge in [0, 0.05) is 30.3 Å². The minimum absolute atomic E-state index is 0.0769. The Morgan fingerprint density at radius 2 is 1.86 bits per heavy atom. The van der Waals surface area contributed by atoms with Crippen LogP contribution in [0.5, 0.6) is 0 Å². The van der Waals surface area contributed by atoms with Gasteiger partial charge in [0.05, 0.1) is 36.8 Å². The zero-order valence-electron chi connectivity index (χ0n) is 19.9. The van der Waals surface area contributed by atoms with E-state index >= 15 is 0 Å². The summed E-state index contributed by atoms with van der Waals surface area (Å²) in [5, 5.41) is 3.10. The van der Waals surface area contributed by atoms with E-state index in [1.807, 2.05) is 41.1 Å². The highest BCUT2D eigenvalue weighted by molar-refractivity contribution is 5.99. The van der Waals surface area contributed by atoms with E-state index in [2.05, 4.69) is 10.3 Å². The van der Waals surface area contributed by atoms with Crippen LogP contribution < -0.4 is 5.32 Å². The van der Waals surface area contributed by atoms with Gasteiger partial charge in [-0.25, -0.2) is 14.6 Å². The largest absolute Gasteiger partial charge is 0.468 e. The third kappa shape index (κ3) is 5.43. The molecule has 8 heteroatoms. The molecule has 0 amide bonds. The Labute approximate surface area is 203 Å². The minimum Gasteiger partial charge on any atom is -0.468 e. The number of ether oxygens (including phenoxy) is 2. The molecule has 0 saturated carbocycles. The average molecular weight is 474 g/mol. The lowest BCUT2D eigenvalue weighted by Gasteiger charge is -2.28. The van der Waals surface area contributed by atoms with Crippen LogP contribution in [0.3, 0.4) is 0 Å². The minimum atomic E-state index is -0.724. The van der Waals surface area contributed by atoms with E-state index < -0.39 is 17.9 Å². The first-order valence-electron chi connectivity index (χ1n) is 11.2. The molecule has 180 valence electrons. The standard InChI is InChI=1S/C27H27N3O5/c1-18-23(26(31)33-3)25(22-7-5-14-34-22)24(19(2)29-18)27(32)35-15-4-6-20-8-10-21(11-9-20)16-30-13-12-28-17-30/h4-14,17,25,29H,15-16H2,1-3H3. The van der Waals surface area contributed by atoms with E-state index in [0.29, 0.717) is 28.3 Å². The molecule has 1 N–H and O–H groups in total. The van der Waals surface area contributed by atoms with Crippen LogP contribution in [0.1, 0.15) is 36.7 Å². The van der Waals surface area contributed by atoms with E-state index in [4.69, 9.17) is 13.9 Å². The van der Waals surface area contributed by atoms with Gasteiger partial charge in [0.1, 0.15) is 12.4 Å². The third-order valence-electron chi connectivity index (χ3n) is 5.74. The van der Waals surface area contributed by atoms with Gasteiger partial charge in [-0.15, -0.1) is 0 Å². The van der Waals surface area contributed by atoms with Crippen LogP contribution in [0.15, 0.2) is 94.4 Å². The molecule has 0 radical (unpaired) electrons. The van der Waals surface area contributed by atoms with E-state index in [1.165, 1.54) is 13.4 Å². The van der Waals surface area contributed by atoms with Gasteiger partial charge in [0.2, 0.25) is 0 Å². The summed E-state index contributed by atoms with van der Waals surface area (Å²) < 4.78 is 18.1. The molecule has 2 aromatic heterocycles. The van der Waals surface area contributed by atoms with Crippen LogP contribution in [0.4, 0.5) is 0 Å². The number of hydrogen-bond donors (Lipinski definition) is 1. The van der Waals surface area contributed by atoms with Gasteiger partial charge in [0.15, 0.2) is 0 Å². The molecular formula is C27H27N3O5. The van der Waals surface area contributed by atoms with Crippen LogP contribution in [0, 0.1) is 0 Å². The second kappa shape index (κ2) is 10.7. The Kier molecular flexibility index (Phi) is 7.30. The van der Waals surface area contributed by atoms with Crippen LogP contribution >= 0.6 is 0 Å². The molecule has 1 aliphatic heterocycles. The van der Waals surface area contributed by atoms with E-state index in [0.717, 1.165) is 17.7 Å². The van der Waals surface area contributed by atoms with Crippen molar-refractivity contribution in [3.63, 3.8) is 0 Å². The Hall–Kier alpha value is -4.33. The number of esters is 2. The fourth-order valence-electron chi connectivity index (χ4n) is 4.10. The highest BCUT2D eigenvalue weighted by Gasteiger charge is 2.39. The Bertz CT molecular complexity index is 1270. The normalized spacial score (nSPS) is 15.9. The maximum atomic E-state index is 13.1. The fraction of sp³-hybridized carbons (Fsp3) is 0.222. The van der Waals surface area contributed by atoms with Crippen molar-refractivity contribution < 1.29 is 23.5 Å². The number of nitrogens with zero attached hydrogens (tertiary/aromatic N) is 2. The highest BCUT2D eigenvalue weighted by Crippen LogP contribution is 2.39. The molecule has 0 aliphatic carbocycles. The van der Waals surface area contributed by atoms with Gasteiger partial charge in [-0.3, -0.25) is 0 Å². The molecule has 0 saturated heterocycles. The first-order chi connectivity index (χ1) is 17.0. The lowest BCUT2D eigenvalue weighted by atomic mass is 9.83. The van der Waals surface area contributed by atoms with Gasteiger partial charge in [0.25, 0.3) is 0 Å². The first kappa shape index (κ1) is 23.8. The predicted octanol–water partition coefficient (Wildman–Crippen LogP) is 4.19. The van der Waals surface area contributed by atoms with Crippen LogP contribution in [0.25, 0.3) is 6.08 Å². The van der Waals surface area contributed by atoms with Crippen molar-refractivity contribution in [1.29, 1.82) is 0 Å². The molecule has 8 nitrogen and oxygen atoms in total. The zero-order chi connectivity index (χ0) is 24.8. The number of rotatable bonds is 8. The summed E-state index contributed by atoms with van der Waals surface area (Å²) in [4.78, 5) is 29.7. The summed E-state index contributed by atoms with van der Waals surface area (Å²) in [6.07, 6.45) is 10.6. The molecule has 1 aliphatic rings. The molecule has 3 heterocycles. The molecule has 35 heavy (non-hydrogen) atoms. The van der Waals surface area contributed by atoms with E-state index in [-0.39, 0.29) is 6.61 Å². The summed E-state index contributed by atoms with van der Waals surface area (Å²) in [7, 11) is 1.31. The number of hydrogen-bond acceptors (Lipinski definition) is 7. The van der Waals surface area contributed by atoms with Crippen molar-refractivity contribution >= 4 is 18.0 Å². The van der Waals surface area contributed by atoms with Crippen molar-refractivity contribution in [2.24, 2.45) is 0 Å². The van der Waals surface area contributed by atoms with Gasteiger partial charge < -0.3 is 23.8 Å². The van der Waals surface area contributed by atoms with E-state index in [1.54, 1.807) is 44.6 Å². The van der Waals surface area contributed by atoms with Crippen LogP contribution in [-0.2, 0) is 25.6 Å². The summed E-state index contributed by atoms with van der Waals surface area (Å²) in [5.41, 5.74) is 3.97. The first-order valence-corrected chi connectivity index (χ1v) is 11.2. The number of furan rings is 1. The monoisotopic (exact) mass is 473 g/mol. The second-order valence-corrected chi connectivity index (χ2v) is 8.12. The highest BCUT2D eigenvalue weighted by atomic mass is 16.5. The van der Waals surface area contributed by atoms with Crippen molar-refractivity contribution in [3.8, 4) is 0 Å². The van der Waals surface area contributed by atoms with Crippen LogP contribution in [-0.4, -0.2) is 35.2 Å². The molecule has 4 rings (SSSR count). The molecule has 1 unspecified atom stereocenters. The molecule has 1 aromatic carbocycles. The number of benzene rings is 1. The summed E-state index contributed by atoms with van der Waals surface area (Å²) >= 11 is 0. The second-order valence-electron chi connectivity index (χ2n) is 8.12. The van der Waals surface area contributed by atoms with Crippen molar-refractivity contribution in [2.75, 3.05) is 13.7 Å². The Balaban J connectivity index is 1.43.